The van der Waals surface area contributed by atoms with Crippen molar-refractivity contribution < 1.29 is 17.9 Å². The largest absolute Gasteiger partial charge is 0.484 e. The van der Waals surface area contributed by atoms with Crippen LogP contribution in [0.15, 0.2) is 54.6 Å². The Morgan fingerprint density at radius 1 is 1.00 bits per heavy atom. The molecule has 1 fully saturated rings. The number of carbonyl (C=O) groups is 1. The van der Waals surface area contributed by atoms with Gasteiger partial charge in [0.1, 0.15) is 5.75 Å². The molecule has 0 bridgehead atoms. The first-order valence-corrected chi connectivity index (χ1v) is 11.8. The Bertz CT molecular complexity index is 926. The van der Waals surface area contributed by atoms with E-state index in [2.05, 4.69) is 10.2 Å². The molecule has 0 spiro atoms. The number of para-hydroxylation sites is 2. The Morgan fingerprint density at radius 3 is 2.37 bits per heavy atom. The van der Waals surface area contributed by atoms with Gasteiger partial charge < -0.3 is 15.0 Å². The summed E-state index contributed by atoms with van der Waals surface area (Å²) < 4.78 is 32.2. The zero-order valence-electron chi connectivity index (χ0n) is 17.3. The Labute approximate surface area is 178 Å². The van der Waals surface area contributed by atoms with Crippen molar-refractivity contribution in [3.8, 4) is 5.75 Å². The normalized spacial score (nSPS) is 15.0. The maximum absolute atomic E-state index is 12.6. The Balaban J connectivity index is 1.35. The van der Waals surface area contributed by atoms with Crippen molar-refractivity contribution in [2.45, 2.75) is 13.3 Å². The van der Waals surface area contributed by atoms with Crippen LogP contribution in [0.25, 0.3) is 0 Å². The number of sulfonamides is 1. The van der Waals surface area contributed by atoms with Crippen molar-refractivity contribution >= 4 is 21.6 Å². The highest BCUT2D eigenvalue weighted by molar-refractivity contribution is 7.89. The smallest absolute Gasteiger partial charge is 0.257 e. The van der Waals surface area contributed by atoms with Crippen LogP contribution in [0.3, 0.4) is 0 Å². The summed E-state index contributed by atoms with van der Waals surface area (Å²) in [6.45, 7) is 4.45. The van der Waals surface area contributed by atoms with Gasteiger partial charge in [0, 0.05) is 38.4 Å². The van der Waals surface area contributed by atoms with Crippen LogP contribution < -0.4 is 15.0 Å². The highest BCUT2D eigenvalue weighted by atomic mass is 32.2. The number of ether oxygens (including phenoxy) is 1. The molecule has 2 aromatic carbocycles. The molecule has 3 rings (SSSR count). The molecule has 0 atom stereocenters. The molecule has 0 aromatic heterocycles. The number of aryl methyl sites for hydroxylation is 1. The molecule has 1 aliphatic heterocycles. The van der Waals surface area contributed by atoms with E-state index < -0.39 is 10.0 Å². The number of rotatable bonds is 9. The quantitative estimate of drug-likeness (QED) is 0.615. The molecule has 0 aliphatic carbocycles. The number of amides is 1. The predicted octanol–water partition coefficient (Wildman–Crippen LogP) is 2.03. The van der Waals surface area contributed by atoms with Crippen LogP contribution in [0.1, 0.15) is 12.0 Å². The van der Waals surface area contributed by atoms with Crippen molar-refractivity contribution in [1.29, 1.82) is 0 Å². The van der Waals surface area contributed by atoms with Gasteiger partial charge in [-0.15, -0.1) is 0 Å². The highest BCUT2D eigenvalue weighted by Gasteiger charge is 2.26. The second-order valence-electron chi connectivity index (χ2n) is 7.30. The summed E-state index contributed by atoms with van der Waals surface area (Å²) in [6, 6.07) is 17.5. The third-order valence-electron chi connectivity index (χ3n) is 5.11. The number of hydrogen-bond acceptors (Lipinski definition) is 5. The van der Waals surface area contributed by atoms with Gasteiger partial charge in [-0.3, -0.25) is 4.79 Å². The number of benzene rings is 2. The molecule has 0 unspecified atom stereocenters. The van der Waals surface area contributed by atoms with Gasteiger partial charge in [-0.1, -0.05) is 36.4 Å². The van der Waals surface area contributed by atoms with Gasteiger partial charge >= 0.3 is 0 Å². The van der Waals surface area contributed by atoms with E-state index in [0.717, 1.165) is 11.3 Å². The summed E-state index contributed by atoms with van der Waals surface area (Å²) >= 11 is 0. The lowest BCUT2D eigenvalue weighted by Crippen LogP contribution is -2.49. The van der Waals surface area contributed by atoms with Gasteiger partial charge in [-0.05, 0) is 37.1 Å². The molecule has 1 saturated heterocycles. The molecule has 8 heteroatoms. The second kappa shape index (κ2) is 10.4. The average Bonchev–Trinajstić information content (AvgIpc) is 2.77. The second-order valence-corrected chi connectivity index (χ2v) is 9.38. The fraction of sp³-hybridized carbons (Fsp3) is 0.409. The Hall–Kier alpha value is -2.58. The van der Waals surface area contributed by atoms with Crippen LogP contribution in [0.2, 0.25) is 0 Å². The van der Waals surface area contributed by atoms with E-state index in [-0.39, 0.29) is 18.3 Å². The minimum absolute atomic E-state index is 0.0251. The molecule has 1 aliphatic rings. The molecular weight excluding hydrogens is 402 g/mol. The van der Waals surface area contributed by atoms with Gasteiger partial charge in [-0.25, -0.2) is 8.42 Å². The van der Waals surface area contributed by atoms with Crippen molar-refractivity contribution in [1.82, 2.24) is 9.62 Å². The molecule has 0 saturated carbocycles. The monoisotopic (exact) mass is 431 g/mol. The van der Waals surface area contributed by atoms with Crippen LogP contribution in [0.5, 0.6) is 5.75 Å². The van der Waals surface area contributed by atoms with E-state index in [1.165, 1.54) is 0 Å². The summed E-state index contributed by atoms with van der Waals surface area (Å²) in [7, 11) is -3.32. The lowest BCUT2D eigenvalue weighted by Gasteiger charge is -2.35. The van der Waals surface area contributed by atoms with E-state index in [1.807, 2.05) is 61.5 Å². The molecule has 1 N–H and O–H groups in total. The lowest BCUT2D eigenvalue weighted by molar-refractivity contribution is -0.123. The summed E-state index contributed by atoms with van der Waals surface area (Å²) in [4.78, 5) is 14.1. The molecule has 2 aromatic rings. The zero-order valence-corrected chi connectivity index (χ0v) is 18.1. The number of nitrogens with one attached hydrogen (secondary N) is 1. The van der Waals surface area contributed by atoms with E-state index >= 15 is 0 Å². The van der Waals surface area contributed by atoms with Crippen LogP contribution in [-0.2, 0) is 14.8 Å². The molecule has 162 valence electrons. The first-order chi connectivity index (χ1) is 14.5. The Kier molecular flexibility index (Phi) is 7.70. The van der Waals surface area contributed by atoms with Crippen molar-refractivity contribution in [3.05, 3.63) is 60.2 Å². The van der Waals surface area contributed by atoms with Crippen LogP contribution in [0, 0.1) is 6.92 Å². The summed E-state index contributed by atoms with van der Waals surface area (Å²) in [6.07, 6.45) is 0.372. The molecule has 30 heavy (non-hydrogen) atoms. The fourth-order valence-electron chi connectivity index (χ4n) is 3.39. The maximum Gasteiger partial charge on any atom is 0.257 e. The number of anilines is 1. The lowest BCUT2D eigenvalue weighted by atomic mass is 10.2. The van der Waals surface area contributed by atoms with Gasteiger partial charge in [0.05, 0.1) is 5.75 Å². The minimum Gasteiger partial charge on any atom is -0.484 e. The van der Waals surface area contributed by atoms with Crippen LogP contribution in [0.4, 0.5) is 5.69 Å². The number of hydrogen-bond donors (Lipinski definition) is 1. The van der Waals surface area contributed by atoms with E-state index in [4.69, 9.17) is 4.74 Å². The van der Waals surface area contributed by atoms with E-state index in [9.17, 15) is 13.2 Å². The third-order valence-corrected chi connectivity index (χ3v) is 7.06. The summed E-state index contributed by atoms with van der Waals surface area (Å²) in [5, 5.41) is 2.72. The Morgan fingerprint density at radius 2 is 1.67 bits per heavy atom. The fourth-order valence-corrected chi connectivity index (χ4v) is 4.87. The van der Waals surface area contributed by atoms with Crippen molar-refractivity contribution in [3.63, 3.8) is 0 Å². The van der Waals surface area contributed by atoms with Gasteiger partial charge in [0.25, 0.3) is 5.91 Å². The number of nitrogens with zero attached hydrogens (tertiary/aromatic N) is 2. The first kappa shape index (κ1) is 22.1. The topological polar surface area (TPSA) is 78.9 Å². The first-order valence-electron chi connectivity index (χ1n) is 10.2. The highest BCUT2D eigenvalue weighted by Crippen LogP contribution is 2.17. The standard InChI is InChI=1S/C22H29N3O4S/c1-19-8-5-6-11-21(19)29-18-22(26)23-12-7-17-30(27,28)25-15-13-24(14-16-25)20-9-3-2-4-10-20/h2-6,8-11H,7,12-18H2,1H3,(H,23,26). The van der Waals surface area contributed by atoms with Gasteiger partial charge in [0.15, 0.2) is 6.61 Å². The SMILES string of the molecule is Cc1ccccc1OCC(=O)NCCCS(=O)(=O)N1CCN(c2ccccc2)CC1. The zero-order chi connectivity index (χ0) is 21.4. The van der Waals surface area contributed by atoms with E-state index in [1.54, 1.807) is 4.31 Å². The molecule has 7 nitrogen and oxygen atoms in total. The summed E-state index contributed by atoms with van der Waals surface area (Å²) in [5.74, 6) is 0.439. The average molecular weight is 432 g/mol. The van der Waals surface area contributed by atoms with E-state index in [0.29, 0.717) is 44.9 Å². The van der Waals surface area contributed by atoms with Crippen molar-refractivity contribution in [2.24, 2.45) is 0 Å². The number of carbonyl (C=O) groups excluding carboxylic acids is 1. The molecular formula is C22H29N3O4S. The predicted molar refractivity (Wildman–Crippen MR) is 118 cm³/mol. The van der Waals surface area contributed by atoms with Gasteiger partial charge in [0.2, 0.25) is 10.0 Å². The molecule has 0 radical (unpaired) electrons. The van der Waals surface area contributed by atoms with Crippen molar-refractivity contribution in [2.75, 3.05) is 50.0 Å². The number of piperazine rings is 1. The minimum atomic E-state index is -3.32. The maximum atomic E-state index is 12.6. The van der Waals surface area contributed by atoms with Crippen LogP contribution >= 0.6 is 0 Å². The molecule has 1 heterocycles. The third kappa shape index (κ3) is 6.21. The van der Waals surface area contributed by atoms with Gasteiger partial charge in [-0.2, -0.15) is 4.31 Å². The molecule has 1 amide bonds. The van der Waals surface area contributed by atoms with Crippen LogP contribution in [-0.4, -0.2) is 63.7 Å². The summed E-state index contributed by atoms with van der Waals surface area (Å²) in [5.41, 5.74) is 2.08.